The Labute approximate surface area is 143 Å². The molecule has 0 fully saturated rings. The SMILES string of the molecule is CCn1nc(C)c(Br)c1CC(Cc1ccccc1Br)NC. The van der Waals surface area contributed by atoms with Crippen molar-refractivity contribution in [1.29, 1.82) is 0 Å². The molecule has 5 heteroatoms. The molecule has 0 bridgehead atoms. The van der Waals surface area contributed by atoms with Gasteiger partial charge in [-0.25, -0.2) is 0 Å². The van der Waals surface area contributed by atoms with Gasteiger partial charge in [0.2, 0.25) is 0 Å². The lowest BCUT2D eigenvalue weighted by molar-refractivity contribution is 0.518. The van der Waals surface area contributed by atoms with E-state index in [4.69, 9.17) is 0 Å². The van der Waals surface area contributed by atoms with Crippen LogP contribution in [0.2, 0.25) is 0 Å². The summed E-state index contributed by atoms with van der Waals surface area (Å²) in [6, 6.07) is 8.78. The third-order valence-corrected chi connectivity index (χ3v) is 5.53. The number of hydrogen-bond acceptors (Lipinski definition) is 2. The summed E-state index contributed by atoms with van der Waals surface area (Å²) in [5.41, 5.74) is 3.65. The van der Waals surface area contributed by atoms with Gasteiger partial charge in [-0.1, -0.05) is 34.1 Å². The maximum Gasteiger partial charge on any atom is 0.0738 e. The Morgan fingerprint density at radius 2 is 1.95 bits per heavy atom. The first-order valence-corrected chi connectivity index (χ1v) is 8.77. The Kier molecular flexibility index (Phi) is 6.02. The fraction of sp³-hybridized carbons (Fsp3) is 0.438. The third kappa shape index (κ3) is 3.96. The molecule has 0 saturated heterocycles. The van der Waals surface area contributed by atoms with Gasteiger partial charge in [0.1, 0.15) is 0 Å². The molecule has 0 aliphatic rings. The first-order valence-electron chi connectivity index (χ1n) is 7.19. The van der Waals surface area contributed by atoms with Crippen LogP contribution in [0.4, 0.5) is 0 Å². The molecule has 0 saturated carbocycles. The van der Waals surface area contributed by atoms with E-state index >= 15 is 0 Å². The average molecular weight is 415 g/mol. The van der Waals surface area contributed by atoms with Crippen molar-refractivity contribution in [3.8, 4) is 0 Å². The Morgan fingerprint density at radius 3 is 2.57 bits per heavy atom. The highest BCUT2D eigenvalue weighted by atomic mass is 79.9. The minimum absolute atomic E-state index is 0.376. The molecule has 114 valence electrons. The van der Waals surface area contributed by atoms with E-state index < -0.39 is 0 Å². The largest absolute Gasteiger partial charge is 0.316 e. The van der Waals surface area contributed by atoms with Crippen LogP contribution >= 0.6 is 31.9 Å². The van der Waals surface area contributed by atoms with Crippen LogP contribution in [0.3, 0.4) is 0 Å². The first-order chi connectivity index (χ1) is 10.1. The van der Waals surface area contributed by atoms with Gasteiger partial charge in [0, 0.05) is 23.5 Å². The monoisotopic (exact) mass is 413 g/mol. The Balaban J connectivity index is 2.18. The quantitative estimate of drug-likeness (QED) is 0.770. The molecule has 1 aromatic heterocycles. The van der Waals surface area contributed by atoms with Crippen molar-refractivity contribution in [1.82, 2.24) is 15.1 Å². The number of hydrogen-bond donors (Lipinski definition) is 1. The number of aryl methyl sites for hydroxylation is 2. The van der Waals surface area contributed by atoms with Gasteiger partial charge in [-0.05, 0) is 54.9 Å². The summed E-state index contributed by atoms with van der Waals surface area (Å²) in [5.74, 6) is 0. The highest BCUT2D eigenvalue weighted by Gasteiger charge is 2.17. The summed E-state index contributed by atoms with van der Waals surface area (Å²) in [6.07, 6.45) is 1.94. The number of nitrogens with zero attached hydrogens (tertiary/aromatic N) is 2. The highest BCUT2D eigenvalue weighted by Crippen LogP contribution is 2.24. The Hall–Kier alpha value is -0.650. The number of halogens is 2. The van der Waals surface area contributed by atoms with Crippen LogP contribution in [0.25, 0.3) is 0 Å². The standard InChI is InChI=1S/C16H21Br2N3/c1-4-21-15(16(18)11(2)20-21)10-13(19-3)9-12-7-5-6-8-14(12)17/h5-8,13,19H,4,9-10H2,1-3H3. The minimum Gasteiger partial charge on any atom is -0.316 e. The predicted molar refractivity (Wildman–Crippen MR) is 94.7 cm³/mol. The molecule has 0 radical (unpaired) electrons. The van der Waals surface area contributed by atoms with Crippen LogP contribution < -0.4 is 5.32 Å². The smallest absolute Gasteiger partial charge is 0.0738 e. The molecular formula is C16H21Br2N3. The van der Waals surface area contributed by atoms with E-state index in [1.807, 2.05) is 20.0 Å². The van der Waals surface area contributed by atoms with Crippen LogP contribution in [0, 0.1) is 6.92 Å². The first kappa shape index (κ1) is 16.7. The van der Waals surface area contributed by atoms with Gasteiger partial charge in [-0.3, -0.25) is 4.68 Å². The van der Waals surface area contributed by atoms with Crippen molar-refractivity contribution < 1.29 is 0 Å². The second kappa shape index (κ2) is 7.56. The van der Waals surface area contributed by atoms with Crippen LogP contribution in [-0.2, 0) is 19.4 Å². The van der Waals surface area contributed by atoms with E-state index in [9.17, 15) is 0 Å². The second-order valence-corrected chi connectivity index (χ2v) is 6.79. The molecule has 3 nitrogen and oxygen atoms in total. The molecular weight excluding hydrogens is 394 g/mol. The van der Waals surface area contributed by atoms with Crippen LogP contribution in [-0.4, -0.2) is 22.9 Å². The lowest BCUT2D eigenvalue weighted by Gasteiger charge is -2.18. The summed E-state index contributed by atoms with van der Waals surface area (Å²) in [7, 11) is 2.02. The van der Waals surface area contributed by atoms with E-state index in [1.54, 1.807) is 0 Å². The number of aromatic nitrogens is 2. The Morgan fingerprint density at radius 1 is 1.24 bits per heavy atom. The van der Waals surface area contributed by atoms with Crippen LogP contribution in [0.15, 0.2) is 33.2 Å². The third-order valence-electron chi connectivity index (χ3n) is 3.72. The zero-order valence-electron chi connectivity index (χ0n) is 12.7. The van der Waals surface area contributed by atoms with Crippen molar-refractivity contribution >= 4 is 31.9 Å². The molecule has 1 unspecified atom stereocenters. The molecule has 0 aliphatic heterocycles. The summed E-state index contributed by atoms with van der Waals surface area (Å²) in [6.45, 7) is 5.07. The molecule has 2 aromatic rings. The van der Waals surface area contributed by atoms with Crippen molar-refractivity contribution in [2.75, 3.05) is 7.05 Å². The average Bonchev–Trinajstić information content (AvgIpc) is 2.76. The minimum atomic E-state index is 0.376. The molecule has 21 heavy (non-hydrogen) atoms. The van der Waals surface area contributed by atoms with E-state index in [-0.39, 0.29) is 0 Å². The molecule has 0 amide bonds. The van der Waals surface area contributed by atoms with Gasteiger partial charge in [0.25, 0.3) is 0 Å². The van der Waals surface area contributed by atoms with Crippen molar-refractivity contribution in [3.05, 3.63) is 50.2 Å². The zero-order chi connectivity index (χ0) is 15.4. The number of rotatable bonds is 6. The lowest BCUT2D eigenvalue weighted by atomic mass is 10.0. The second-order valence-electron chi connectivity index (χ2n) is 5.15. The molecule has 2 rings (SSSR count). The van der Waals surface area contributed by atoms with Gasteiger partial charge >= 0.3 is 0 Å². The van der Waals surface area contributed by atoms with E-state index in [0.29, 0.717) is 6.04 Å². The summed E-state index contributed by atoms with van der Waals surface area (Å²) in [4.78, 5) is 0. The topological polar surface area (TPSA) is 29.9 Å². The summed E-state index contributed by atoms with van der Waals surface area (Å²) < 4.78 is 4.39. The molecule has 1 aromatic carbocycles. The fourth-order valence-electron chi connectivity index (χ4n) is 2.50. The van der Waals surface area contributed by atoms with E-state index in [0.717, 1.165) is 29.6 Å². The van der Waals surface area contributed by atoms with Gasteiger partial charge in [0.05, 0.1) is 15.9 Å². The van der Waals surface area contributed by atoms with Gasteiger partial charge in [-0.15, -0.1) is 0 Å². The highest BCUT2D eigenvalue weighted by molar-refractivity contribution is 9.10. The van der Waals surface area contributed by atoms with Gasteiger partial charge in [0.15, 0.2) is 0 Å². The molecule has 0 aliphatic carbocycles. The number of benzene rings is 1. The molecule has 1 heterocycles. The molecule has 1 atom stereocenters. The summed E-state index contributed by atoms with van der Waals surface area (Å²) in [5, 5.41) is 8.00. The zero-order valence-corrected chi connectivity index (χ0v) is 15.8. The normalized spacial score (nSPS) is 12.6. The predicted octanol–water partition coefficient (Wildman–Crippen LogP) is 4.11. The molecule has 0 spiro atoms. The van der Waals surface area contributed by atoms with E-state index in [1.165, 1.54) is 15.7 Å². The summed E-state index contributed by atoms with van der Waals surface area (Å²) >= 11 is 7.31. The van der Waals surface area contributed by atoms with Crippen LogP contribution in [0.1, 0.15) is 23.9 Å². The Bertz CT molecular complexity index is 608. The lowest BCUT2D eigenvalue weighted by Crippen LogP contribution is -2.31. The maximum absolute atomic E-state index is 4.57. The van der Waals surface area contributed by atoms with Gasteiger partial charge in [-0.2, -0.15) is 5.10 Å². The van der Waals surface area contributed by atoms with Crippen molar-refractivity contribution in [2.45, 2.75) is 39.3 Å². The maximum atomic E-state index is 4.57. The van der Waals surface area contributed by atoms with Crippen LogP contribution in [0.5, 0.6) is 0 Å². The van der Waals surface area contributed by atoms with Crippen molar-refractivity contribution in [2.24, 2.45) is 0 Å². The molecule has 1 N–H and O–H groups in total. The number of nitrogens with one attached hydrogen (secondary N) is 1. The fourth-order valence-corrected chi connectivity index (χ4v) is 3.40. The van der Waals surface area contributed by atoms with E-state index in [2.05, 4.69) is 72.1 Å². The number of likely N-dealkylation sites (N-methyl/N-ethyl adjacent to an activating group) is 1. The van der Waals surface area contributed by atoms with Crippen molar-refractivity contribution in [3.63, 3.8) is 0 Å². The van der Waals surface area contributed by atoms with Gasteiger partial charge < -0.3 is 5.32 Å².